The number of rotatable bonds is 6. The smallest absolute Gasteiger partial charge is 0.339 e. The van der Waals surface area contributed by atoms with Crippen LogP contribution in [0.4, 0.5) is 5.69 Å². The summed E-state index contributed by atoms with van der Waals surface area (Å²) in [7, 11) is 1.29. The number of hydrogen-bond acceptors (Lipinski definition) is 6. The Morgan fingerprint density at radius 3 is 2.63 bits per heavy atom. The van der Waals surface area contributed by atoms with Crippen LogP contribution in [0.1, 0.15) is 27.6 Å². The number of Topliss-reactive ketones (excluding diaryl/α,β-unsaturated/α-hetero) is 1. The third-order valence-electron chi connectivity index (χ3n) is 4.12. The van der Waals surface area contributed by atoms with E-state index < -0.39 is 17.0 Å². The molecule has 0 aliphatic rings. The molecule has 0 amide bonds. The standard InChI is InChI=1S/C19H16N2O6/c1-11(18(22)14-10-20-15-6-4-3-5-13(14)15)27-19(23)12-7-8-17(26-2)16(9-12)21(24)25/h3-11,20H,1-2H3/t11-/m1/s1. The van der Waals surface area contributed by atoms with Gasteiger partial charge in [0.2, 0.25) is 5.78 Å². The monoisotopic (exact) mass is 368 g/mol. The van der Waals surface area contributed by atoms with Crippen LogP contribution in [0, 0.1) is 10.1 Å². The van der Waals surface area contributed by atoms with E-state index in [-0.39, 0.29) is 22.8 Å². The van der Waals surface area contributed by atoms with E-state index in [1.54, 1.807) is 18.3 Å². The van der Waals surface area contributed by atoms with Crippen LogP contribution in [-0.4, -0.2) is 34.9 Å². The van der Waals surface area contributed by atoms with Gasteiger partial charge >= 0.3 is 11.7 Å². The number of nitrogens with one attached hydrogen (secondary N) is 1. The number of nitrogens with zero attached hydrogens (tertiary/aromatic N) is 1. The second kappa shape index (κ2) is 7.28. The summed E-state index contributed by atoms with van der Waals surface area (Å²) >= 11 is 0. The van der Waals surface area contributed by atoms with Crippen LogP contribution in [0.15, 0.2) is 48.7 Å². The van der Waals surface area contributed by atoms with Crippen LogP contribution >= 0.6 is 0 Å². The number of aromatic nitrogens is 1. The minimum Gasteiger partial charge on any atom is -0.490 e. The molecule has 0 saturated carbocycles. The maximum atomic E-state index is 12.6. The molecule has 1 N–H and O–H groups in total. The maximum Gasteiger partial charge on any atom is 0.339 e. The Hall–Kier alpha value is -3.68. The van der Waals surface area contributed by atoms with Crippen molar-refractivity contribution in [1.29, 1.82) is 0 Å². The summed E-state index contributed by atoms with van der Waals surface area (Å²) in [6.07, 6.45) is 0.508. The highest BCUT2D eigenvalue weighted by molar-refractivity contribution is 6.10. The summed E-state index contributed by atoms with van der Waals surface area (Å²) in [6.45, 7) is 1.46. The quantitative estimate of drug-likeness (QED) is 0.308. The molecule has 0 aliphatic heterocycles. The summed E-state index contributed by atoms with van der Waals surface area (Å²) in [5.41, 5.74) is 0.806. The van der Waals surface area contributed by atoms with Crippen LogP contribution in [-0.2, 0) is 4.74 Å². The number of benzene rings is 2. The highest BCUT2D eigenvalue weighted by Crippen LogP contribution is 2.28. The van der Waals surface area contributed by atoms with Gasteiger partial charge in [-0.05, 0) is 25.1 Å². The van der Waals surface area contributed by atoms with Crippen LogP contribution in [0.25, 0.3) is 10.9 Å². The lowest BCUT2D eigenvalue weighted by atomic mass is 10.1. The molecule has 0 radical (unpaired) electrons. The third kappa shape index (κ3) is 3.50. The summed E-state index contributed by atoms with van der Waals surface area (Å²) in [5.74, 6) is -1.18. The van der Waals surface area contributed by atoms with Crippen LogP contribution < -0.4 is 4.74 Å². The lowest BCUT2D eigenvalue weighted by Gasteiger charge is -2.12. The maximum absolute atomic E-state index is 12.6. The molecule has 0 unspecified atom stereocenters. The summed E-state index contributed by atoms with van der Waals surface area (Å²) in [6, 6.07) is 11.0. The molecule has 8 heteroatoms. The molecule has 3 aromatic rings. The van der Waals surface area contributed by atoms with Crippen molar-refractivity contribution in [3.05, 3.63) is 69.9 Å². The molecule has 0 bridgehead atoms. The number of carbonyl (C=O) groups is 2. The molecule has 27 heavy (non-hydrogen) atoms. The van der Waals surface area contributed by atoms with Gasteiger partial charge in [-0.15, -0.1) is 0 Å². The number of methoxy groups -OCH3 is 1. The van der Waals surface area contributed by atoms with Gasteiger partial charge in [0.15, 0.2) is 11.9 Å². The first-order valence-electron chi connectivity index (χ1n) is 8.06. The van der Waals surface area contributed by atoms with Crippen LogP contribution in [0.5, 0.6) is 5.75 Å². The predicted octanol–water partition coefficient (Wildman–Crippen LogP) is 3.51. The van der Waals surface area contributed by atoms with E-state index in [4.69, 9.17) is 9.47 Å². The fraction of sp³-hybridized carbons (Fsp3) is 0.158. The number of ether oxygens (including phenoxy) is 2. The Balaban J connectivity index is 1.80. The first-order valence-corrected chi connectivity index (χ1v) is 8.06. The Bertz CT molecular complexity index is 1040. The zero-order valence-corrected chi connectivity index (χ0v) is 14.6. The molecule has 0 fully saturated rings. The Kier molecular flexibility index (Phi) is 4.89. The first kappa shape index (κ1) is 18.1. The molecule has 2 aromatic carbocycles. The Morgan fingerprint density at radius 2 is 1.93 bits per heavy atom. The van der Waals surface area contributed by atoms with Crippen molar-refractivity contribution in [1.82, 2.24) is 4.98 Å². The van der Waals surface area contributed by atoms with E-state index >= 15 is 0 Å². The van der Waals surface area contributed by atoms with Crippen molar-refractivity contribution in [3.8, 4) is 5.75 Å². The van der Waals surface area contributed by atoms with E-state index in [1.165, 1.54) is 26.2 Å². The molecular formula is C19H16N2O6. The number of carbonyl (C=O) groups excluding carboxylic acids is 2. The highest BCUT2D eigenvalue weighted by atomic mass is 16.6. The fourth-order valence-electron chi connectivity index (χ4n) is 2.74. The van der Waals surface area contributed by atoms with Gasteiger partial charge in [-0.2, -0.15) is 0 Å². The number of nitro benzene ring substituents is 1. The number of nitro groups is 1. The number of para-hydroxylation sites is 1. The first-order chi connectivity index (χ1) is 12.9. The van der Waals surface area contributed by atoms with Crippen molar-refractivity contribution in [2.75, 3.05) is 7.11 Å². The second-order valence-electron chi connectivity index (χ2n) is 5.80. The van der Waals surface area contributed by atoms with Gasteiger partial charge < -0.3 is 14.5 Å². The lowest BCUT2D eigenvalue weighted by Crippen LogP contribution is -2.24. The molecule has 0 spiro atoms. The van der Waals surface area contributed by atoms with Crippen molar-refractivity contribution in [3.63, 3.8) is 0 Å². The van der Waals surface area contributed by atoms with Gasteiger partial charge in [-0.1, -0.05) is 18.2 Å². The van der Waals surface area contributed by atoms with Gasteiger partial charge in [0.1, 0.15) is 0 Å². The van der Waals surface area contributed by atoms with E-state index in [0.29, 0.717) is 5.56 Å². The third-order valence-corrected chi connectivity index (χ3v) is 4.12. The molecule has 0 aliphatic carbocycles. The Morgan fingerprint density at radius 1 is 1.19 bits per heavy atom. The Labute approximate surface area is 153 Å². The number of aromatic amines is 1. The number of ketones is 1. The molecule has 8 nitrogen and oxygen atoms in total. The number of H-pyrrole nitrogens is 1. The van der Waals surface area contributed by atoms with E-state index in [0.717, 1.165) is 17.0 Å². The normalized spacial score (nSPS) is 11.8. The molecule has 3 rings (SSSR count). The number of esters is 1. The zero-order chi connectivity index (χ0) is 19.6. The summed E-state index contributed by atoms with van der Waals surface area (Å²) in [4.78, 5) is 38.4. The molecule has 0 saturated heterocycles. The largest absolute Gasteiger partial charge is 0.490 e. The van der Waals surface area contributed by atoms with Gasteiger partial charge in [-0.25, -0.2) is 4.79 Å². The topological polar surface area (TPSA) is 112 Å². The van der Waals surface area contributed by atoms with Crippen molar-refractivity contribution < 1.29 is 24.0 Å². The minimum absolute atomic E-state index is 0.0273. The van der Waals surface area contributed by atoms with Crippen molar-refractivity contribution in [2.45, 2.75) is 13.0 Å². The SMILES string of the molecule is COc1ccc(C(=O)O[C@H](C)C(=O)c2c[nH]c3ccccc23)cc1[N+](=O)[O-]. The van der Waals surface area contributed by atoms with Gasteiger partial charge in [-0.3, -0.25) is 14.9 Å². The van der Waals surface area contributed by atoms with E-state index in [9.17, 15) is 19.7 Å². The zero-order valence-electron chi connectivity index (χ0n) is 14.6. The minimum atomic E-state index is -1.06. The molecule has 1 heterocycles. The van der Waals surface area contributed by atoms with Crippen molar-refractivity contribution >= 4 is 28.3 Å². The number of fused-ring (bicyclic) bond motifs is 1. The van der Waals surface area contributed by atoms with Crippen LogP contribution in [0.2, 0.25) is 0 Å². The second-order valence-corrected chi connectivity index (χ2v) is 5.80. The highest BCUT2D eigenvalue weighted by Gasteiger charge is 2.24. The van der Waals surface area contributed by atoms with Crippen LogP contribution in [0.3, 0.4) is 0 Å². The van der Waals surface area contributed by atoms with Crippen molar-refractivity contribution in [2.24, 2.45) is 0 Å². The summed E-state index contributed by atoms with van der Waals surface area (Å²) in [5, 5.41) is 11.8. The fourth-order valence-corrected chi connectivity index (χ4v) is 2.74. The van der Waals surface area contributed by atoms with Gasteiger partial charge in [0.25, 0.3) is 0 Å². The average molecular weight is 368 g/mol. The van der Waals surface area contributed by atoms with E-state index in [2.05, 4.69) is 4.98 Å². The van der Waals surface area contributed by atoms with Gasteiger partial charge in [0, 0.05) is 28.7 Å². The summed E-state index contributed by atoms with van der Waals surface area (Å²) < 4.78 is 10.1. The lowest BCUT2D eigenvalue weighted by molar-refractivity contribution is -0.385. The molecular weight excluding hydrogens is 352 g/mol. The molecule has 1 aromatic heterocycles. The number of hydrogen-bond donors (Lipinski definition) is 1. The average Bonchev–Trinajstić information content (AvgIpc) is 3.10. The predicted molar refractivity (Wildman–Crippen MR) is 97.2 cm³/mol. The molecule has 1 atom stereocenters. The van der Waals surface area contributed by atoms with E-state index in [1.807, 2.05) is 12.1 Å². The van der Waals surface area contributed by atoms with Gasteiger partial charge in [0.05, 0.1) is 17.6 Å². The molecule has 138 valence electrons.